The van der Waals surface area contributed by atoms with Crippen LogP contribution in [0, 0.1) is 6.92 Å². The van der Waals surface area contributed by atoms with E-state index in [0.29, 0.717) is 0 Å². The maximum atomic E-state index is 4.20. The zero-order valence-corrected chi connectivity index (χ0v) is 6.70. The number of aromatic nitrogens is 2. The van der Waals surface area contributed by atoms with Gasteiger partial charge >= 0.3 is 0 Å². The fourth-order valence-electron chi connectivity index (χ4n) is 1.26. The summed E-state index contributed by atoms with van der Waals surface area (Å²) < 4.78 is 0. The first-order chi connectivity index (χ1) is 5.92. The fraction of sp³-hybridized carbons (Fsp3) is 0.100. The Bertz CT molecular complexity index is 390. The molecule has 2 aromatic heterocycles. The third-order valence-corrected chi connectivity index (χ3v) is 1.88. The highest BCUT2D eigenvalue weighted by Crippen LogP contribution is 2.14. The van der Waals surface area contributed by atoms with Gasteiger partial charge in [0.25, 0.3) is 0 Å². The zero-order chi connectivity index (χ0) is 8.39. The fourth-order valence-corrected chi connectivity index (χ4v) is 1.26. The van der Waals surface area contributed by atoms with Gasteiger partial charge in [0.1, 0.15) is 0 Å². The summed E-state index contributed by atoms with van der Waals surface area (Å²) in [5, 5.41) is 1.16. The second-order valence-electron chi connectivity index (χ2n) is 2.62. The average molecular weight is 157 g/mol. The van der Waals surface area contributed by atoms with Crippen LogP contribution in [-0.4, -0.2) is 9.97 Å². The number of nitrogens with zero attached hydrogens (tertiary/aromatic N) is 2. The van der Waals surface area contributed by atoms with Crippen molar-refractivity contribution in [3.05, 3.63) is 43.2 Å². The minimum absolute atomic E-state index is 0.760. The highest BCUT2D eigenvalue weighted by molar-refractivity contribution is 5.80. The van der Waals surface area contributed by atoms with E-state index >= 15 is 0 Å². The molecule has 0 N–H and O–H groups in total. The Morgan fingerprint density at radius 3 is 3.08 bits per heavy atom. The van der Waals surface area contributed by atoms with E-state index in [1.807, 2.05) is 18.3 Å². The molecule has 0 saturated carbocycles. The minimum atomic E-state index is 0.760. The quantitative estimate of drug-likeness (QED) is 0.632. The topological polar surface area (TPSA) is 25.8 Å². The van der Waals surface area contributed by atoms with E-state index in [1.165, 1.54) is 0 Å². The Labute approximate surface area is 71.3 Å². The van der Waals surface area contributed by atoms with E-state index in [9.17, 15) is 0 Å². The maximum absolute atomic E-state index is 4.20. The number of hydrogen-bond acceptors (Lipinski definition) is 2. The highest BCUT2D eigenvalue weighted by atomic mass is 14.7. The van der Waals surface area contributed by atoms with Gasteiger partial charge in [0.05, 0.1) is 11.7 Å². The van der Waals surface area contributed by atoms with Crippen LogP contribution in [0.15, 0.2) is 30.7 Å². The molecule has 0 saturated heterocycles. The number of fused-ring (bicyclic) bond motifs is 1. The normalized spacial score (nSPS) is 10.4. The van der Waals surface area contributed by atoms with Crippen LogP contribution >= 0.6 is 0 Å². The van der Waals surface area contributed by atoms with E-state index in [2.05, 4.69) is 16.9 Å². The molecule has 2 heterocycles. The van der Waals surface area contributed by atoms with Gasteiger partial charge in [0.2, 0.25) is 0 Å². The molecular weight excluding hydrogens is 148 g/mol. The molecule has 0 spiro atoms. The molecule has 0 fully saturated rings. The van der Waals surface area contributed by atoms with Gasteiger partial charge in [-0.1, -0.05) is 6.07 Å². The van der Waals surface area contributed by atoms with E-state index in [0.717, 1.165) is 22.9 Å². The van der Waals surface area contributed by atoms with Crippen LogP contribution in [-0.2, 0) is 6.42 Å². The molecule has 0 aromatic carbocycles. The molecule has 0 aliphatic heterocycles. The van der Waals surface area contributed by atoms with Gasteiger partial charge in [0.15, 0.2) is 0 Å². The summed E-state index contributed by atoms with van der Waals surface area (Å²) in [7, 11) is 0. The summed E-state index contributed by atoms with van der Waals surface area (Å²) in [4.78, 5) is 8.28. The Balaban J connectivity index is 2.79. The van der Waals surface area contributed by atoms with E-state index in [4.69, 9.17) is 0 Å². The van der Waals surface area contributed by atoms with E-state index in [-0.39, 0.29) is 0 Å². The highest BCUT2D eigenvalue weighted by Gasteiger charge is 1.97. The predicted molar refractivity (Wildman–Crippen MR) is 48.6 cm³/mol. The third-order valence-electron chi connectivity index (χ3n) is 1.88. The van der Waals surface area contributed by atoms with Crippen LogP contribution in [0.3, 0.4) is 0 Å². The molecule has 0 atom stereocenters. The van der Waals surface area contributed by atoms with Gasteiger partial charge in [0, 0.05) is 17.8 Å². The Morgan fingerprint density at radius 1 is 1.33 bits per heavy atom. The van der Waals surface area contributed by atoms with E-state index < -0.39 is 0 Å². The third kappa shape index (κ3) is 1.05. The van der Waals surface area contributed by atoms with Gasteiger partial charge in [-0.05, 0) is 25.0 Å². The van der Waals surface area contributed by atoms with Crippen LogP contribution in [0.4, 0.5) is 0 Å². The van der Waals surface area contributed by atoms with Crippen molar-refractivity contribution in [2.75, 3.05) is 0 Å². The summed E-state index contributed by atoms with van der Waals surface area (Å²) in [6.45, 7) is 3.84. The summed E-state index contributed by atoms with van der Waals surface area (Å²) in [6, 6.07) is 3.98. The van der Waals surface area contributed by atoms with Gasteiger partial charge < -0.3 is 0 Å². The molecule has 2 heteroatoms. The van der Waals surface area contributed by atoms with Crippen molar-refractivity contribution in [2.45, 2.75) is 6.42 Å². The van der Waals surface area contributed by atoms with E-state index in [1.54, 1.807) is 12.4 Å². The van der Waals surface area contributed by atoms with Crippen molar-refractivity contribution in [1.82, 2.24) is 9.97 Å². The van der Waals surface area contributed by atoms with Crippen molar-refractivity contribution < 1.29 is 0 Å². The molecule has 0 aliphatic rings. The first-order valence-corrected chi connectivity index (χ1v) is 3.88. The molecule has 0 aliphatic carbocycles. The maximum Gasteiger partial charge on any atom is 0.0887 e. The lowest BCUT2D eigenvalue weighted by atomic mass is 10.1. The molecule has 0 unspecified atom stereocenters. The SMILES string of the molecule is [CH2]Cc1cncc2ncccc12. The first kappa shape index (κ1) is 7.22. The van der Waals surface area contributed by atoms with Crippen LogP contribution in [0.1, 0.15) is 5.56 Å². The standard InChI is InChI=1S/C10H9N2/c1-2-8-6-11-7-10-9(8)4-3-5-12-10/h3-7H,1-2H2. The monoisotopic (exact) mass is 157 g/mol. The molecule has 59 valence electrons. The lowest BCUT2D eigenvalue weighted by Gasteiger charge is -2.00. The Kier molecular flexibility index (Phi) is 1.74. The molecular formula is C10H9N2. The molecule has 0 amide bonds. The number of pyridine rings is 2. The Morgan fingerprint density at radius 2 is 2.25 bits per heavy atom. The summed E-state index contributed by atoms with van der Waals surface area (Å²) in [5.41, 5.74) is 2.10. The lowest BCUT2D eigenvalue weighted by Crippen LogP contribution is -1.87. The molecule has 1 radical (unpaired) electrons. The van der Waals surface area contributed by atoms with Crippen LogP contribution in [0.5, 0.6) is 0 Å². The molecule has 2 aromatic rings. The van der Waals surface area contributed by atoms with Gasteiger partial charge in [-0.3, -0.25) is 9.97 Å². The van der Waals surface area contributed by atoms with Crippen molar-refractivity contribution in [1.29, 1.82) is 0 Å². The number of rotatable bonds is 1. The molecule has 12 heavy (non-hydrogen) atoms. The molecule has 0 bridgehead atoms. The molecule has 2 nitrogen and oxygen atoms in total. The second-order valence-corrected chi connectivity index (χ2v) is 2.62. The van der Waals surface area contributed by atoms with Gasteiger partial charge in [-0.25, -0.2) is 0 Å². The predicted octanol–water partition coefficient (Wildman–Crippen LogP) is 2.01. The lowest BCUT2D eigenvalue weighted by molar-refractivity contribution is 1.21. The average Bonchev–Trinajstić information content (AvgIpc) is 2.17. The summed E-state index contributed by atoms with van der Waals surface area (Å²) in [6.07, 6.45) is 6.15. The second kappa shape index (κ2) is 2.89. The zero-order valence-electron chi connectivity index (χ0n) is 6.70. The van der Waals surface area contributed by atoms with Crippen molar-refractivity contribution >= 4 is 10.9 Å². The van der Waals surface area contributed by atoms with Crippen molar-refractivity contribution in [3.8, 4) is 0 Å². The smallest absolute Gasteiger partial charge is 0.0887 e. The van der Waals surface area contributed by atoms with Gasteiger partial charge in [-0.15, -0.1) is 0 Å². The summed E-state index contributed by atoms with van der Waals surface area (Å²) in [5.74, 6) is 0. The molecule has 2 rings (SSSR count). The number of hydrogen-bond donors (Lipinski definition) is 0. The largest absolute Gasteiger partial charge is 0.262 e. The van der Waals surface area contributed by atoms with Crippen molar-refractivity contribution in [3.63, 3.8) is 0 Å². The first-order valence-electron chi connectivity index (χ1n) is 3.88. The Hall–Kier alpha value is -1.44. The van der Waals surface area contributed by atoms with Crippen LogP contribution in [0.2, 0.25) is 0 Å². The summed E-state index contributed by atoms with van der Waals surface area (Å²) >= 11 is 0. The van der Waals surface area contributed by atoms with Gasteiger partial charge in [-0.2, -0.15) is 0 Å². The van der Waals surface area contributed by atoms with Crippen LogP contribution in [0.25, 0.3) is 10.9 Å². The van der Waals surface area contributed by atoms with Crippen molar-refractivity contribution in [2.24, 2.45) is 0 Å². The van der Waals surface area contributed by atoms with Crippen LogP contribution < -0.4 is 0 Å². The minimum Gasteiger partial charge on any atom is -0.262 e.